The highest BCUT2D eigenvalue weighted by molar-refractivity contribution is 6.53. The van der Waals surface area contributed by atoms with Gasteiger partial charge in [0.2, 0.25) is 0 Å². The highest BCUT2D eigenvalue weighted by Crippen LogP contribution is 2.25. The zero-order valence-electron chi connectivity index (χ0n) is 11.1. The molecule has 3 aliphatic heterocycles. The Hall–Kier alpha value is 0.0169. The Morgan fingerprint density at radius 1 is 1.00 bits per heavy atom. The van der Waals surface area contributed by atoms with Crippen molar-refractivity contribution < 1.29 is 17.7 Å². The van der Waals surface area contributed by atoms with Gasteiger partial charge in [-0.3, -0.25) is 4.90 Å². The van der Waals surface area contributed by atoms with Crippen LogP contribution in [0.25, 0.3) is 0 Å². The molecule has 6 heteroatoms. The summed E-state index contributed by atoms with van der Waals surface area (Å²) < 4.78 is 23.6. The van der Waals surface area contributed by atoms with Crippen molar-refractivity contribution in [1.29, 1.82) is 0 Å². The molecule has 3 aliphatic rings. The molecule has 0 aromatic carbocycles. The summed E-state index contributed by atoms with van der Waals surface area (Å²) in [6.45, 7) is 11.4. The SMILES string of the molecule is CCO[Si]12OC(C)CN(CC(C)O1)CC(C)O2. The molecule has 100 valence electrons. The van der Waals surface area contributed by atoms with Crippen LogP contribution in [0.1, 0.15) is 27.7 Å². The highest BCUT2D eigenvalue weighted by atomic mass is 28.4. The normalized spacial score (nSPS) is 47.3. The van der Waals surface area contributed by atoms with Crippen molar-refractivity contribution in [2.75, 3.05) is 26.2 Å². The van der Waals surface area contributed by atoms with Crippen LogP contribution in [-0.4, -0.2) is 58.5 Å². The first-order chi connectivity index (χ1) is 8.03. The lowest BCUT2D eigenvalue weighted by Gasteiger charge is -2.43. The first-order valence-electron chi connectivity index (χ1n) is 6.42. The van der Waals surface area contributed by atoms with Crippen LogP contribution in [0, 0.1) is 0 Å². The van der Waals surface area contributed by atoms with E-state index in [-0.39, 0.29) is 18.3 Å². The molecule has 0 N–H and O–H groups in total. The minimum Gasteiger partial charge on any atom is -0.351 e. The maximum Gasteiger partial charge on any atom is 0.680 e. The van der Waals surface area contributed by atoms with Crippen LogP contribution in [-0.2, 0) is 17.7 Å². The monoisotopic (exact) mass is 261 g/mol. The van der Waals surface area contributed by atoms with Gasteiger partial charge in [-0.1, -0.05) is 0 Å². The summed E-state index contributed by atoms with van der Waals surface area (Å²) >= 11 is 0. The summed E-state index contributed by atoms with van der Waals surface area (Å²) in [5.41, 5.74) is 0. The van der Waals surface area contributed by atoms with Crippen molar-refractivity contribution in [2.24, 2.45) is 0 Å². The Bertz CT molecular complexity index is 230. The summed E-state index contributed by atoms with van der Waals surface area (Å²) in [4.78, 5) is 2.34. The molecule has 5 nitrogen and oxygen atoms in total. The Balaban J connectivity index is 2.22. The van der Waals surface area contributed by atoms with Gasteiger partial charge in [-0.2, -0.15) is 0 Å². The first kappa shape index (κ1) is 13.4. The van der Waals surface area contributed by atoms with Crippen molar-refractivity contribution in [3.63, 3.8) is 0 Å². The van der Waals surface area contributed by atoms with Gasteiger partial charge in [-0.25, -0.2) is 0 Å². The quantitative estimate of drug-likeness (QED) is 0.694. The highest BCUT2D eigenvalue weighted by Gasteiger charge is 2.52. The second-order valence-corrected chi connectivity index (χ2v) is 6.93. The molecule has 0 aromatic rings. The van der Waals surface area contributed by atoms with Gasteiger partial charge in [0.1, 0.15) is 0 Å². The third kappa shape index (κ3) is 3.27. The molecule has 3 fully saturated rings. The molecule has 2 bridgehead atoms. The average Bonchev–Trinajstić information content (AvgIpc) is 2.11. The molecule has 17 heavy (non-hydrogen) atoms. The van der Waals surface area contributed by atoms with Gasteiger partial charge >= 0.3 is 9.05 Å². The molecule has 0 spiro atoms. The Morgan fingerprint density at radius 3 is 1.76 bits per heavy atom. The van der Waals surface area contributed by atoms with Gasteiger partial charge < -0.3 is 17.7 Å². The number of fused-ring (bicyclic) bond motifs is 6. The van der Waals surface area contributed by atoms with Crippen molar-refractivity contribution in [1.82, 2.24) is 4.90 Å². The molecule has 3 atom stereocenters. The molecule has 0 radical (unpaired) electrons. The van der Waals surface area contributed by atoms with E-state index in [9.17, 15) is 0 Å². The van der Waals surface area contributed by atoms with Crippen molar-refractivity contribution in [2.45, 2.75) is 46.0 Å². The maximum atomic E-state index is 5.96. The molecule has 3 unspecified atom stereocenters. The molecule has 3 rings (SSSR count). The van der Waals surface area contributed by atoms with Gasteiger partial charge in [0.15, 0.2) is 0 Å². The van der Waals surface area contributed by atoms with Gasteiger partial charge in [0, 0.05) is 26.2 Å². The van der Waals surface area contributed by atoms with E-state index in [4.69, 9.17) is 17.7 Å². The van der Waals surface area contributed by atoms with Gasteiger partial charge in [-0.05, 0) is 27.7 Å². The van der Waals surface area contributed by atoms with Crippen LogP contribution in [0.2, 0.25) is 0 Å². The van der Waals surface area contributed by atoms with Gasteiger partial charge in [0.05, 0.1) is 18.3 Å². The number of hydrogen-bond donors (Lipinski definition) is 0. The molecule has 0 amide bonds. The second-order valence-electron chi connectivity index (χ2n) is 4.94. The lowest BCUT2D eigenvalue weighted by atomic mass is 10.2. The van der Waals surface area contributed by atoms with Crippen LogP contribution < -0.4 is 0 Å². The fraction of sp³-hybridized carbons (Fsp3) is 1.00. The van der Waals surface area contributed by atoms with Crippen LogP contribution in [0.3, 0.4) is 0 Å². The standard InChI is InChI=1S/C11H23NO4Si/c1-5-13-17-14-9(2)6-12(7-10(3)15-17)8-11(4)16-17/h9-11H,5-8H2,1-4H3. The van der Waals surface area contributed by atoms with Crippen molar-refractivity contribution in [3.8, 4) is 0 Å². The Labute approximate surface area is 104 Å². The fourth-order valence-electron chi connectivity index (χ4n) is 2.53. The zero-order valence-corrected chi connectivity index (χ0v) is 12.1. The fourth-order valence-corrected chi connectivity index (χ4v) is 4.95. The summed E-state index contributed by atoms with van der Waals surface area (Å²) in [5, 5.41) is 0. The van der Waals surface area contributed by atoms with E-state index in [2.05, 4.69) is 4.90 Å². The molecular formula is C11H23NO4Si. The second kappa shape index (κ2) is 5.34. The van der Waals surface area contributed by atoms with Gasteiger partial charge in [0.25, 0.3) is 0 Å². The minimum atomic E-state index is -2.94. The van der Waals surface area contributed by atoms with E-state index in [1.807, 2.05) is 27.7 Å². The molecule has 0 saturated carbocycles. The van der Waals surface area contributed by atoms with E-state index >= 15 is 0 Å². The third-order valence-electron chi connectivity index (χ3n) is 2.90. The van der Waals surface area contributed by atoms with Crippen LogP contribution >= 0.6 is 0 Å². The third-order valence-corrected chi connectivity index (χ3v) is 5.62. The predicted molar refractivity (Wildman–Crippen MR) is 65.5 cm³/mol. The summed E-state index contributed by atoms with van der Waals surface area (Å²) in [5.74, 6) is 0. The van der Waals surface area contributed by atoms with Crippen molar-refractivity contribution >= 4 is 9.05 Å². The molecule has 0 aliphatic carbocycles. The summed E-state index contributed by atoms with van der Waals surface area (Å²) in [6, 6.07) is 0. The lowest BCUT2D eigenvalue weighted by Crippen LogP contribution is -2.62. The average molecular weight is 261 g/mol. The minimum absolute atomic E-state index is 0.0909. The van der Waals surface area contributed by atoms with Crippen LogP contribution in [0.5, 0.6) is 0 Å². The smallest absolute Gasteiger partial charge is 0.351 e. The molecule has 3 saturated heterocycles. The van der Waals surface area contributed by atoms with E-state index in [1.165, 1.54) is 0 Å². The topological polar surface area (TPSA) is 40.2 Å². The Morgan fingerprint density at radius 2 is 1.41 bits per heavy atom. The first-order valence-corrected chi connectivity index (χ1v) is 8.06. The molecule has 3 heterocycles. The summed E-state index contributed by atoms with van der Waals surface area (Å²) in [7, 11) is -2.94. The van der Waals surface area contributed by atoms with Crippen molar-refractivity contribution in [3.05, 3.63) is 0 Å². The maximum absolute atomic E-state index is 5.96. The largest absolute Gasteiger partial charge is 0.680 e. The Kier molecular flexibility index (Phi) is 4.22. The van der Waals surface area contributed by atoms with E-state index in [0.29, 0.717) is 6.61 Å². The number of hydrogen-bond acceptors (Lipinski definition) is 5. The number of rotatable bonds is 2. The van der Waals surface area contributed by atoms with Gasteiger partial charge in [-0.15, -0.1) is 0 Å². The molecular weight excluding hydrogens is 238 g/mol. The molecule has 0 aromatic heterocycles. The summed E-state index contributed by atoms with van der Waals surface area (Å²) in [6.07, 6.45) is 0.273. The van der Waals surface area contributed by atoms with E-state index < -0.39 is 9.05 Å². The van der Waals surface area contributed by atoms with E-state index in [0.717, 1.165) is 19.6 Å². The van der Waals surface area contributed by atoms with Crippen LogP contribution in [0.15, 0.2) is 0 Å². The predicted octanol–water partition coefficient (Wildman–Crippen LogP) is 1.00. The zero-order chi connectivity index (χ0) is 12.5. The number of nitrogens with zero attached hydrogens (tertiary/aromatic N) is 1. The van der Waals surface area contributed by atoms with Crippen LogP contribution in [0.4, 0.5) is 0 Å². The lowest BCUT2D eigenvalue weighted by molar-refractivity contribution is -0.129. The van der Waals surface area contributed by atoms with E-state index in [1.54, 1.807) is 0 Å².